The largest absolute Gasteiger partial charge is 0.492 e. The van der Waals surface area contributed by atoms with Gasteiger partial charge in [-0.1, -0.05) is 27.5 Å². The van der Waals surface area contributed by atoms with Crippen LogP contribution in [0.25, 0.3) is 10.9 Å². The number of aromatic nitrogens is 2. The van der Waals surface area contributed by atoms with Crippen molar-refractivity contribution in [2.24, 2.45) is 0 Å². The van der Waals surface area contributed by atoms with Crippen molar-refractivity contribution in [3.05, 3.63) is 68.6 Å². The molecule has 0 aliphatic rings. The molecule has 0 unspecified atom stereocenters. The number of halogens is 2. The topological polar surface area (TPSA) is 64.4 Å². The molecule has 6 nitrogen and oxygen atoms in total. The summed E-state index contributed by atoms with van der Waals surface area (Å²) < 4.78 is 7.69. The van der Waals surface area contributed by atoms with E-state index in [9.17, 15) is 9.59 Å². The first-order chi connectivity index (χ1) is 12.9. The summed E-state index contributed by atoms with van der Waals surface area (Å²) in [4.78, 5) is 30.7. The predicted octanol–water partition coefficient (Wildman–Crippen LogP) is 3.35. The Morgan fingerprint density at radius 3 is 2.74 bits per heavy atom. The summed E-state index contributed by atoms with van der Waals surface area (Å²) in [5.41, 5.74) is 0.345. The van der Waals surface area contributed by atoms with Crippen LogP contribution >= 0.6 is 27.5 Å². The first-order valence-electron chi connectivity index (χ1n) is 8.21. The van der Waals surface area contributed by atoms with Crippen molar-refractivity contribution in [2.75, 3.05) is 20.2 Å². The SMILES string of the molecule is CN(CCOc1ccc(Cl)cc1)C(=O)Cn1cnc2ccc(Br)cc2c1=O. The van der Waals surface area contributed by atoms with Crippen LogP contribution in [-0.2, 0) is 11.3 Å². The highest BCUT2D eigenvalue weighted by Gasteiger charge is 2.12. The van der Waals surface area contributed by atoms with Crippen LogP contribution < -0.4 is 10.3 Å². The summed E-state index contributed by atoms with van der Waals surface area (Å²) in [5.74, 6) is 0.480. The minimum atomic E-state index is -0.250. The van der Waals surface area contributed by atoms with E-state index in [-0.39, 0.29) is 18.0 Å². The van der Waals surface area contributed by atoms with Crippen molar-refractivity contribution in [3.8, 4) is 5.75 Å². The Labute approximate surface area is 169 Å². The fourth-order valence-corrected chi connectivity index (χ4v) is 2.95. The van der Waals surface area contributed by atoms with Gasteiger partial charge in [0.25, 0.3) is 5.56 Å². The second kappa shape index (κ2) is 8.54. The van der Waals surface area contributed by atoms with Gasteiger partial charge in [0.05, 0.1) is 23.8 Å². The van der Waals surface area contributed by atoms with Gasteiger partial charge in [-0.2, -0.15) is 0 Å². The molecule has 0 radical (unpaired) electrons. The van der Waals surface area contributed by atoms with Gasteiger partial charge in [0.15, 0.2) is 0 Å². The van der Waals surface area contributed by atoms with Crippen LogP contribution in [0.2, 0.25) is 5.02 Å². The van der Waals surface area contributed by atoms with Crippen molar-refractivity contribution < 1.29 is 9.53 Å². The molecule has 0 saturated carbocycles. The molecule has 1 aromatic heterocycles. The molecular formula is C19H17BrClN3O3. The third-order valence-corrected chi connectivity index (χ3v) is 4.77. The number of carbonyl (C=O) groups excluding carboxylic acids is 1. The van der Waals surface area contributed by atoms with E-state index in [0.29, 0.717) is 34.8 Å². The Bertz CT molecular complexity index is 1020. The zero-order valence-electron chi connectivity index (χ0n) is 14.6. The van der Waals surface area contributed by atoms with Gasteiger partial charge < -0.3 is 9.64 Å². The number of hydrogen-bond donors (Lipinski definition) is 0. The van der Waals surface area contributed by atoms with Gasteiger partial charge >= 0.3 is 0 Å². The molecule has 0 bridgehead atoms. The van der Waals surface area contributed by atoms with Gasteiger partial charge in [0.2, 0.25) is 5.91 Å². The van der Waals surface area contributed by atoms with Gasteiger partial charge in [-0.25, -0.2) is 4.98 Å². The number of amides is 1. The molecule has 3 rings (SSSR count). The number of ether oxygens (including phenoxy) is 1. The molecule has 0 spiro atoms. The second-order valence-electron chi connectivity index (χ2n) is 5.96. The molecule has 0 atom stereocenters. The summed E-state index contributed by atoms with van der Waals surface area (Å²) in [6.45, 7) is 0.649. The summed E-state index contributed by atoms with van der Waals surface area (Å²) in [7, 11) is 1.67. The highest BCUT2D eigenvalue weighted by atomic mass is 79.9. The van der Waals surface area contributed by atoms with E-state index >= 15 is 0 Å². The van der Waals surface area contributed by atoms with E-state index in [1.54, 1.807) is 43.4 Å². The molecule has 0 saturated heterocycles. The lowest BCUT2D eigenvalue weighted by Crippen LogP contribution is -2.36. The van der Waals surface area contributed by atoms with Crippen LogP contribution in [0, 0.1) is 0 Å². The van der Waals surface area contributed by atoms with Crippen LogP contribution in [0.3, 0.4) is 0 Å². The van der Waals surface area contributed by atoms with Gasteiger partial charge in [0.1, 0.15) is 18.9 Å². The third-order valence-electron chi connectivity index (χ3n) is 4.03. The third kappa shape index (κ3) is 4.87. The van der Waals surface area contributed by atoms with Crippen molar-refractivity contribution >= 4 is 44.3 Å². The Morgan fingerprint density at radius 1 is 1.26 bits per heavy atom. The summed E-state index contributed by atoms with van der Waals surface area (Å²) in [6, 6.07) is 12.3. The molecule has 140 valence electrons. The van der Waals surface area contributed by atoms with Crippen molar-refractivity contribution in [1.29, 1.82) is 0 Å². The summed E-state index contributed by atoms with van der Waals surface area (Å²) in [5, 5.41) is 1.10. The number of rotatable bonds is 6. The Balaban J connectivity index is 1.61. The molecule has 0 N–H and O–H groups in total. The second-order valence-corrected chi connectivity index (χ2v) is 7.31. The fraction of sp³-hybridized carbons (Fsp3) is 0.211. The average Bonchev–Trinajstić information content (AvgIpc) is 2.66. The van der Waals surface area contributed by atoms with Crippen LogP contribution in [0.1, 0.15) is 0 Å². The highest BCUT2D eigenvalue weighted by molar-refractivity contribution is 9.10. The number of likely N-dealkylation sites (N-methyl/N-ethyl adjacent to an activating group) is 1. The lowest BCUT2D eigenvalue weighted by Gasteiger charge is -2.18. The van der Waals surface area contributed by atoms with Crippen LogP contribution in [0.4, 0.5) is 0 Å². The van der Waals surface area contributed by atoms with Gasteiger partial charge in [-0.15, -0.1) is 0 Å². The Kier molecular flexibility index (Phi) is 6.13. The fourth-order valence-electron chi connectivity index (χ4n) is 2.47. The number of hydrogen-bond acceptors (Lipinski definition) is 4. The van der Waals surface area contributed by atoms with Gasteiger partial charge in [-0.05, 0) is 42.5 Å². The minimum Gasteiger partial charge on any atom is -0.492 e. The normalized spacial score (nSPS) is 10.8. The number of benzene rings is 2. The van der Waals surface area contributed by atoms with Crippen LogP contribution in [-0.4, -0.2) is 40.6 Å². The first kappa shape index (κ1) is 19.4. The van der Waals surface area contributed by atoms with E-state index in [2.05, 4.69) is 20.9 Å². The molecule has 27 heavy (non-hydrogen) atoms. The highest BCUT2D eigenvalue weighted by Crippen LogP contribution is 2.16. The lowest BCUT2D eigenvalue weighted by molar-refractivity contribution is -0.130. The molecule has 1 amide bonds. The number of fused-ring (bicyclic) bond motifs is 1. The monoisotopic (exact) mass is 449 g/mol. The zero-order valence-corrected chi connectivity index (χ0v) is 16.9. The number of carbonyl (C=O) groups is 1. The zero-order chi connectivity index (χ0) is 19.4. The standard InChI is InChI=1S/C19H17BrClN3O3/c1-23(8-9-27-15-5-3-14(21)4-6-15)18(25)11-24-12-22-17-7-2-13(20)10-16(17)19(24)26/h2-7,10,12H,8-9,11H2,1H3. The molecular weight excluding hydrogens is 434 g/mol. The maximum atomic E-state index is 12.6. The Morgan fingerprint density at radius 2 is 2.00 bits per heavy atom. The molecule has 0 aliphatic heterocycles. The van der Waals surface area contributed by atoms with E-state index in [0.717, 1.165) is 4.47 Å². The Hall–Kier alpha value is -2.38. The quantitative estimate of drug-likeness (QED) is 0.578. The van der Waals surface area contributed by atoms with Crippen molar-refractivity contribution in [3.63, 3.8) is 0 Å². The van der Waals surface area contributed by atoms with Gasteiger partial charge in [0, 0.05) is 16.5 Å². The summed E-state index contributed by atoms with van der Waals surface area (Å²) in [6.07, 6.45) is 1.40. The van der Waals surface area contributed by atoms with E-state index in [1.165, 1.54) is 15.8 Å². The van der Waals surface area contributed by atoms with Gasteiger partial charge in [-0.3, -0.25) is 14.2 Å². The minimum absolute atomic E-state index is 0.0776. The maximum absolute atomic E-state index is 12.6. The average molecular weight is 451 g/mol. The van der Waals surface area contributed by atoms with E-state index < -0.39 is 0 Å². The molecule has 1 heterocycles. The molecule has 8 heteroatoms. The lowest BCUT2D eigenvalue weighted by atomic mass is 10.2. The van der Waals surface area contributed by atoms with Crippen LogP contribution in [0.5, 0.6) is 5.75 Å². The van der Waals surface area contributed by atoms with Crippen molar-refractivity contribution in [2.45, 2.75) is 6.54 Å². The molecule has 3 aromatic rings. The van der Waals surface area contributed by atoms with E-state index in [4.69, 9.17) is 16.3 Å². The molecule has 0 aliphatic carbocycles. The molecule has 2 aromatic carbocycles. The van der Waals surface area contributed by atoms with E-state index in [1.807, 2.05) is 6.07 Å². The predicted molar refractivity (Wildman–Crippen MR) is 108 cm³/mol. The summed E-state index contributed by atoms with van der Waals surface area (Å²) >= 11 is 9.17. The molecule has 0 fully saturated rings. The first-order valence-corrected chi connectivity index (χ1v) is 9.38. The maximum Gasteiger partial charge on any atom is 0.261 e. The van der Waals surface area contributed by atoms with Crippen molar-refractivity contribution in [1.82, 2.24) is 14.5 Å². The smallest absolute Gasteiger partial charge is 0.261 e. The number of nitrogens with zero attached hydrogens (tertiary/aromatic N) is 3. The van der Waals surface area contributed by atoms with Crippen LogP contribution in [0.15, 0.2) is 58.1 Å².